The third-order valence-corrected chi connectivity index (χ3v) is 3.15. The number of hydrogen-bond acceptors (Lipinski definition) is 3. The quantitative estimate of drug-likeness (QED) is 0.910. The van der Waals surface area contributed by atoms with E-state index >= 15 is 0 Å². The maximum Gasteiger partial charge on any atom is 0.356 e. The smallest absolute Gasteiger partial charge is 0.356 e. The lowest BCUT2D eigenvalue weighted by molar-refractivity contribution is 0.0686. The van der Waals surface area contributed by atoms with Gasteiger partial charge in [0.25, 0.3) is 0 Å². The maximum atomic E-state index is 11.0. The van der Waals surface area contributed by atoms with Crippen LogP contribution in [0, 0.1) is 6.92 Å². The van der Waals surface area contributed by atoms with Crippen molar-refractivity contribution in [1.29, 1.82) is 0 Å². The average Bonchev–Trinajstić information content (AvgIpc) is 2.73. The molecule has 0 fully saturated rings. The van der Waals surface area contributed by atoms with Gasteiger partial charge in [-0.05, 0) is 40.5 Å². The lowest BCUT2D eigenvalue weighted by Crippen LogP contribution is -2.03. The fraction of sp³-hybridized carbons (Fsp3) is 0.167. The number of hydrogen-bond donors (Lipinski definition) is 2. The van der Waals surface area contributed by atoms with E-state index in [4.69, 9.17) is 10.2 Å². The average molecular weight is 311 g/mol. The van der Waals surface area contributed by atoms with E-state index in [9.17, 15) is 4.79 Å². The molecular weight excluding hydrogens is 300 g/mol. The fourth-order valence-corrected chi connectivity index (χ4v) is 2.30. The zero-order valence-electron chi connectivity index (χ0n) is 9.59. The Bertz CT molecular complexity index is 607. The van der Waals surface area contributed by atoms with Gasteiger partial charge in [0, 0.05) is 16.2 Å². The van der Waals surface area contributed by atoms with Crippen molar-refractivity contribution in [3.63, 3.8) is 0 Å². The van der Waals surface area contributed by atoms with Crippen LogP contribution in [0.2, 0.25) is 0 Å². The molecule has 1 heterocycles. The molecule has 0 aliphatic carbocycles. The highest BCUT2D eigenvalue weighted by molar-refractivity contribution is 9.10. The first kappa shape index (κ1) is 12.8. The van der Waals surface area contributed by atoms with Crippen LogP contribution >= 0.6 is 15.9 Å². The van der Waals surface area contributed by atoms with Crippen molar-refractivity contribution in [3.05, 3.63) is 45.7 Å². The molecule has 94 valence electrons. The second kappa shape index (κ2) is 4.91. The number of aliphatic hydroxyl groups excluding tert-OH is 1. The molecule has 2 N–H and O–H groups in total. The molecule has 0 saturated carbocycles. The number of benzene rings is 1. The van der Waals surface area contributed by atoms with Crippen molar-refractivity contribution in [3.8, 4) is 5.69 Å². The number of aryl methyl sites for hydroxylation is 1. The largest absolute Gasteiger partial charge is 0.476 e. The van der Waals surface area contributed by atoms with Gasteiger partial charge < -0.3 is 10.2 Å². The van der Waals surface area contributed by atoms with Gasteiger partial charge in [0.15, 0.2) is 5.69 Å². The summed E-state index contributed by atoms with van der Waals surface area (Å²) >= 11 is 3.41. The van der Waals surface area contributed by atoms with Crippen LogP contribution in [-0.2, 0) is 6.61 Å². The van der Waals surface area contributed by atoms with Gasteiger partial charge in [-0.25, -0.2) is 9.48 Å². The van der Waals surface area contributed by atoms with E-state index < -0.39 is 5.97 Å². The van der Waals surface area contributed by atoms with E-state index in [0.717, 1.165) is 15.7 Å². The molecule has 2 rings (SSSR count). The van der Waals surface area contributed by atoms with Crippen LogP contribution in [0.25, 0.3) is 5.69 Å². The van der Waals surface area contributed by atoms with Gasteiger partial charge in [-0.3, -0.25) is 0 Å². The summed E-state index contributed by atoms with van der Waals surface area (Å²) in [6, 6.07) is 5.65. The number of aromatic carboxylic acids is 1. The summed E-state index contributed by atoms with van der Waals surface area (Å²) in [6.45, 7) is 1.60. The summed E-state index contributed by atoms with van der Waals surface area (Å²) in [4.78, 5) is 11.0. The van der Waals surface area contributed by atoms with Gasteiger partial charge in [0.2, 0.25) is 0 Å². The predicted molar refractivity (Wildman–Crippen MR) is 68.9 cm³/mol. The summed E-state index contributed by atoms with van der Waals surface area (Å²) in [6.07, 6.45) is 1.51. The van der Waals surface area contributed by atoms with Crippen LogP contribution in [0.4, 0.5) is 0 Å². The molecule has 0 radical (unpaired) electrons. The molecule has 1 aromatic carbocycles. The molecule has 5 nitrogen and oxygen atoms in total. The van der Waals surface area contributed by atoms with Gasteiger partial charge in [-0.2, -0.15) is 5.10 Å². The highest BCUT2D eigenvalue weighted by Crippen LogP contribution is 2.23. The monoisotopic (exact) mass is 310 g/mol. The van der Waals surface area contributed by atoms with Crippen molar-refractivity contribution < 1.29 is 15.0 Å². The summed E-state index contributed by atoms with van der Waals surface area (Å²) in [5, 5.41) is 22.1. The van der Waals surface area contributed by atoms with Crippen LogP contribution in [0.3, 0.4) is 0 Å². The molecule has 0 atom stereocenters. The second-order valence-corrected chi connectivity index (χ2v) is 4.72. The van der Waals surface area contributed by atoms with Gasteiger partial charge in [0.05, 0.1) is 12.3 Å². The Morgan fingerprint density at radius 3 is 2.72 bits per heavy atom. The van der Waals surface area contributed by atoms with Gasteiger partial charge in [-0.1, -0.05) is 6.07 Å². The number of rotatable bonds is 3. The van der Waals surface area contributed by atoms with Gasteiger partial charge >= 0.3 is 5.97 Å². The van der Waals surface area contributed by atoms with E-state index in [1.807, 2.05) is 25.1 Å². The first-order chi connectivity index (χ1) is 8.52. The van der Waals surface area contributed by atoms with E-state index in [0.29, 0.717) is 0 Å². The normalized spacial score (nSPS) is 10.6. The zero-order chi connectivity index (χ0) is 13.3. The van der Waals surface area contributed by atoms with Crippen LogP contribution in [0.15, 0.2) is 28.9 Å². The van der Waals surface area contributed by atoms with Gasteiger partial charge in [0.1, 0.15) is 0 Å². The van der Waals surface area contributed by atoms with Crippen molar-refractivity contribution in [2.45, 2.75) is 13.5 Å². The number of halogens is 1. The highest BCUT2D eigenvalue weighted by Gasteiger charge is 2.16. The Hall–Kier alpha value is -1.66. The van der Waals surface area contributed by atoms with Crippen molar-refractivity contribution in [2.75, 3.05) is 0 Å². The molecule has 0 aliphatic heterocycles. The molecule has 0 spiro atoms. The number of carboxylic acids is 1. The summed E-state index contributed by atoms with van der Waals surface area (Å²) in [5.74, 6) is -1.15. The molecule has 6 heteroatoms. The first-order valence-electron chi connectivity index (χ1n) is 5.22. The van der Waals surface area contributed by atoms with Crippen molar-refractivity contribution in [2.24, 2.45) is 0 Å². The fourth-order valence-electron chi connectivity index (χ4n) is 1.63. The highest BCUT2D eigenvalue weighted by atomic mass is 79.9. The minimum Gasteiger partial charge on any atom is -0.476 e. The third kappa shape index (κ3) is 2.30. The number of nitrogens with zero attached hydrogens (tertiary/aromatic N) is 2. The second-order valence-electron chi connectivity index (χ2n) is 3.87. The molecule has 1 aromatic heterocycles. The van der Waals surface area contributed by atoms with Crippen molar-refractivity contribution >= 4 is 21.9 Å². The third-order valence-electron chi connectivity index (χ3n) is 2.51. The van der Waals surface area contributed by atoms with E-state index in [-0.39, 0.29) is 17.9 Å². The van der Waals surface area contributed by atoms with Crippen LogP contribution in [-0.4, -0.2) is 26.0 Å². The Labute approximate surface area is 112 Å². The Morgan fingerprint density at radius 1 is 1.50 bits per heavy atom. The SMILES string of the molecule is Cc1ccc(-n2cc(CO)c(C(=O)O)n2)c(Br)c1. The maximum absolute atomic E-state index is 11.0. The van der Waals surface area contributed by atoms with Crippen LogP contribution in [0.5, 0.6) is 0 Å². The molecule has 0 unspecified atom stereocenters. The Kier molecular flexibility index (Phi) is 3.49. The number of aromatic nitrogens is 2. The predicted octanol–water partition coefficient (Wildman–Crippen LogP) is 2.13. The molecule has 0 amide bonds. The first-order valence-corrected chi connectivity index (χ1v) is 6.01. The van der Waals surface area contributed by atoms with E-state index in [2.05, 4.69) is 21.0 Å². The summed E-state index contributed by atoms with van der Waals surface area (Å²) < 4.78 is 2.25. The molecule has 0 bridgehead atoms. The standard InChI is InChI=1S/C12H11BrN2O3/c1-7-2-3-10(9(13)4-7)15-5-8(6-16)11(14-15)12(17)18/h2-5,16H,6H2,1H3,(H,17,18). The van der Waals surface area contributed by atoms with Crippen LogP contribution < -0.4 is 0 Å². The lowest BCUT2D eigenvalue weighted by Gasteiger charge is -2.04. The Morgan fingerprint density at radius 2 is 2.22 bits per heavy atom. The van der Waals surface area contributed by atoms with E-state index in [1.165, 1.54) is 10.9 Å². The summed E-state index contributed by atoms with van der Waals surface area (Å²) in [7, 11) is 0. The van der Waals surface area contributed by atoms with Crippen LogP contribution in [0.1, 0.15) is 21.6 Å². The summed E-state index contributed by atoms with van der Waals surface area (Å²) in [5.41, 5.74) is 1.96. The molecule has 2 aromatic rings. The van der Waals surface area contributed by atoms with E-state index in [1.54, 1.807) is 0 Å². The van der Waals surface area contributed by atoms with Crippen molar-refractivity contribution in [1.82, 2.24) is 9.78 Å². The number of aliphatic hydroxyl groups is 1. The molecular formula is C12H11BrN2O3. The number of carboxylic acid groups (broad SMARTS) is 1. The topological polar surface area (TPSA) is 75.4 Å². The molecule has 0 saturated heterocycles. The zero-order valence-corrected chi connectivity index (χ0v) is 11.2. The molecule has 0 aliphatic rings. The minimum absolute atomic E-state index is 0.134. The number of carbonyl (C=O) groups is 1. The molecule has 18 heavy (non-hydrogen) atoms. The Balaban J connectivity index is 2.54. The minimum atomic E-state index is -1.15. The van der Waals surface area contributed by atoms with Gasteiger partial charge in [-0.15, -0.1) is 0 Å². The lowest BCUT2D eigenvalue weighted by atomic mass is 10.2.